The van der Waals surface area contributed by atoms with Crippen LogP contribution in [0.5, 0.6) is 0 Å². The van der Waals surface area contributed by atoms with Crippen molar-refractivity contribution in [3.63, 3.8) is 0 Å². The van der Waals surface area contributed by atoms with Gasteiger partial charge in [-0.1, -0.05) is 32.0 Å². The molecule has 2 amide bonds. The summed E-state index contributed by atoms with van der Waals surface area (Å²) in [4.78, 5) is 14.6. The Balaban J connectivity index is 1.71. The SMILES string of the molecule is CC(C)CN1CCC(NC(=O)NC(C)Cc2ccccc2F)CC1. The van der Waals surface area contributed by atoms with Crippen LogP contribution in [0.25, 0.3) is 0 Å². The summed E-state index contributed by atoms with van der Waals surface area (Å²) >= 11 is 0. The lowest BCUT2D eigenvalue weighted by molar-refractivity contribution is 0.177. The van der Waals surface area contributed by atoms with E-state index in [1.54, 1.807) is 12.1 Å². The van der Waals surface area contributed by atoms with E-state index in [-0.39, 0.29) is 23.9 Å². The van der Waals surface area contributed by atoms with Crippen molar-refractivity contribution in [3.8, 4) is 0 Å². The molecule has 0 radical (unpaired) electrons. The van der Waals surface area contributed by atoms with Crippen LogP contribution < -0.4 is 10.6 Å². The Hall–Kier alpha value is -1.62. The van der Waals surface area contributed by atoms with Crippen molar-refractivity contribution in [2.75, 3.05) is 19.6 Å². The van der Waals surface area contributed by atoms with Crippen molar-refractivity contribution in [2.24, 2.45) is 5.92 Å². The smallest absolute Gasteiger partial charge is 0.315 e. The maximum absolute atomic E-state index is 13.7. The van der Waals surface area contributed by atoms with Crippen LogP contribution in [0.3, 0.4) is 0 Å². The third-order valence-corrected chi connectivity index (χ3v) is 4.41. The fraction of sp³-hybridized carbons (Fsp3) is 0.632. The molecule has 2 rings (SSSR count). The van der Waals surface area contributed by atoms with Crippen molar-refractivity contribution in [1.29, 1.82) is 0 Å². The standard InChI is InChI=1S/C19H30FN3O/c1-14(2)13-23-10-8-17(9-11-23)22-19(24)21-15(3)12-16-6-4-5-7-18(16)20/h4-7,14-15,17H,8-13H2,1-3H3,(H2,21,22,24). The number of nitrogens with one attached hydrogen (secondary N) is 2. The molecule has 1 saturated heterocycles. The summed E-state index contributed by atoms with van der Waals surface area (Å²) in [5.41, 5.74) is 0.632. The van der Waals surface area contributed by atoms with Crippen LogP contribution in [0, 0.1) is 11.7 Å². The highest BCUT2D eigenvalue weighted by molar-refractivity contribution is 5.74. The Morgan fingerprint density at radius 2 is 1.92 bits per heavy atom. The predicted octanol–water partition coefficient (Wildman–Crippen LogP) is 3.18. The van der Waals surface area contributed by atoms with Gasteiger partial charge in [0.25, 0.3) is 0 Å². The summed E-state index contributed by atoms with van der Waals surface area (Å²) in [6.45, 7) is 9.56. The number of rotatable bonds is 6. The molecule has 1 aromatic carbocycles. The van der Waals surface area contributed by atoms with Gasteiger partial charge in [0, 0.05) is 31.7 Å². The van der Waals surface area contributed by atoms with Gasteiger partial charge >= 0.3 is 6.03 Å². The lowest BCUT2D eigenvalue weighted by atomic mass is 10.0. The number of carbonyl (C=O) groups is 1. The zero-order valence-electron chi connectivity index (χ0n) is 15.0. The van der Waals surface area contributed by atoms with Crippen LogP contribution in [0.2, 0.25) is 0 Å². The first-order valence-electron chi connectivity index (χ1n) is 8.97. The molecule has 1 atom stereocenters. The van der Waals surface area contributed by atoms with Gasteiger partial charge in [-0.05, 0) is 43.7 Å². The van der Waals surface area contributed by atoms with E-state index in [1.807, 2.05) is 13.0 Å². The largest absolute Gasteiger partial charge is 0.335 e. The molecule has 2 N–H and O–H groups in total. The second kappa shape index (κ2) is 9.02. The highest BCUT2D eigenvalue weighted by Crippen LogP contribution is 2.12. The van der Waals surface area contributed by atoms with Crippen molar-refractivity contribution in [2.45, 2.75) is 52.1 Å². The maximum atomic E-state index is 13.7. The van der Waals surface area contributed by atoms with Crippen LogP contribution in [0.1, 0.15) is 39.2 Å². The van der Waals surface area contributed by atoms with Gasteiger partial charge in [0.05, 0.1) is 0 Å². The molecule has 0 saturated carbocycles. The van der Waals surface area contributed by atoms with E-state index in [4.69, 9.17) is 0 Å². The number of piperidine rings is 1. The third kappa shape index (κ3) is 6.11. The van der Waals surface area contributed by atoms with Crippen LogP contribution in [-0.4, -0.2) is 42.6 Å². The summed E-state index contributed by atoms with van der Waals surface area (Å²) in [7, 11) is 0. The highest BCUT2D eigenvalue weighted by Gasteiger charge is 2.21. The van der Waals surface area contributed by atoms with Gasteiger partial charge in [0.1, 0.15) is 5.82 Å². The van der Waals surface area contributed by atoms with E-state index >= 15 is 0 Å². The number of benzene rings is 1. The normalized spacial score (nSPS) is 17.7. The average molecular weight is 335 g/mol. The van der Waals surface area contributed by atoms with Gasteiger partial charge in [-0.25, -0.2) is 9.18 Å². The summed E-state index contributed by atoms with van der Waals surface area (Å²) < 4.78 is 13.7. The predicted molar refractivity (Wildman–Crippen MR) is 95.5 cm³/mol. The highest BCUT2D eigenvalue weighted by atomic mass is 19.1. The zero-order valence-corrected chi connectivity index (χ0v) is 15.0. The molecule has 1 aliphatic heterocycles. The number of nitrogens with zero attached hydrogens (tertiary/aromatic N) is 1. The molecule has 1 heterocycles. The quantitative estimate of drug-likeness (QED) is 0.839. The van der Waals surface area contributed by atoms with E-state index in [2.05, 4.69) is 29.4 Å². The average Bonchev–Trinajstić information content (AvgIpc) is 2.51. The van der Waals surface area contributed by atoms with Crippen molar-refractivity contribution in [1.82, 2.24) is 15.5 Å². The Morgan fingerprint density at radius 3 is 2.54 bits per heavy atom. The second-order valence-corrected chi connectivity index (χ2v) is 7.28. The first-order valence-corrected chi connectivity index (χ1v) is 8.97. The molecule has 1 aromatic rings. The molecule has 1 aliphatic rings. The van der Waals surface area contributed by atoms with Gasteiger partial charge in [-0.3, -0.25) is 0 Å². The Bertz CT molecular complexity index is 527. The number of halogens is 1. The molecular weight excluding hydrogens is 305 g/mol. The first kappa shape index (κ1) is 18.7. The summed E-state index contributed by atoms with van der Waals surface area (Å²) in [5, 5.41) is 5.97. The lowest BCUT2D eigenvalue weighted by Crippen LogP contribution is -2.50. The fourth-order valence-corrected chi connectivity index (χ4v) is 3.27. The summed E-state index contributed by atoms with van der Waals surface area (Å²) in [6.07, 6.45) is 2.47. The molecule has 4 nitrogen and oxygen atoms in total. The Kier molecular flexibility index (Phi) is 7.03. The molecule has 24 heavy (non-hydrogen) atoms. The van der Waals surface area contributed by atoms with E-state index in [9.17, 15) is 9.18 Å². The van der Waals surface area contributed by atoms with Gasteiger partial charge < -0.3 is 15.5 Å². The van der Waals surface area contributed by atoms with E-state index in [0.29, 0.717) is 17.9 Å². The fourth-order valence-electron chi connectivity index (χ4n) is 3.27. The number of carbonyl (C=O) groups excluding carboxylic acids is 1. The third-order valence-electron chi connectivity index (χ3n) is 4.41. The van der Waals surface area contributed by atoms with Crippen LogP contribution >= 0.6 is 0 Å². The maximum Gasteiger partial charge on any atom is 0.315 e. The van der Waals surface area contributed by atoms with Crippen molar-refractivity contribution in [3.05, 3.63) is 35.6 Å². The van der Waals surface area contributed by atoms with Crippen LogP contribution in [-0.2, 0) is 6.42 Å². The molecule has 5 heteroatoms. The van der Waals surface area contributed by atoms with E-state index in [0.717, 1.165) is 32.5 Å². The second-order valence-electron chi connectivity index (χ2n) is 7.28. The monoisotopic (exact) mass is 335 g/mol. The minimum atomic E-state index is -0.218. The number of urea groups is 1. The molecule has 0 aromatic heterocycles. The van der Waals surface area contributed by atoms with Crippen molar-refractivity contribution < 1.29 is 9.18 Å². The first-order chi connectivity index (χ1) is 11.4. The number of amides is 2. The van der Waals surface area contributed by atoms with Gasteiger partial charge in [0.2, 0.25) is 0 Å². The van der Waals surface area contributed by atoms with Gasteiger partial charge in [0.15, 0.2) is 0 Å². The van der Waals surface area contributed by atoms with Gasteiger partial charge in [-0.2, -0.15) is 0 Å². The summed E-state index contributed by atoms with van der Waals surface area (Å²) in [5.74, 6) is 0.459. The van der Waals surface area contributed by atoms with Gasteiger partial charge in [-0.15, -0.1) is 0 Å². The zero-order chi connectivity index (χ0) is 17.5. The van der Waals surface area contributed by atoms with Crippen LogP contribution in [0.15, 0.2) is 24.3 Å². The number of likely N-dealkylation sites (tertiary alicyclic amines) is 1. The molecule has 0 spiro atoms. The molecule has 0 aliphatic carbocycles. The molecular formula is C19H30FN3O. The molecule has 1 fully saturated rings. The number of hydrogen-bond donors (Lipinski definition) is 2. The molecule has 0 bridgehead atoms. The summed E-state index contributed by atoms with van der Waals surface area (Å²) in [6, 6.07) is 6.67. The topological polar surface area (TPSA) is 44.4 Å². The minimum Gasteiger partial charge on any atom is -0.335 e. The van der Waals surface area contributed by atoms with Crippen molar-refractivity contribution >= 4 is 6.03 Å². The van der Waals surface area contributed by atoms with E-state index < -0.39 is 0 Å². The molecule has 134 valence electrons. The molecule has 1 unspecified atom stereocenters. The number of hydrogen-bond acceptors (Lipinski definition) is 2. The lowest BCUT2D eigenvalue weighted by Gasteiger charge is -2.33. The van der Waals surface area contributed by atoms with E-state index in [1.165, 1.54) is 6.07 Å². The minimum absolute atomic E-state index is 0.108. The van der Waals surface area contributed by atoms with Crippen LogP contribution in [0.4, 0.5) is 9.18 Å². The Morgan fingerprint density at radius 1 is 1.25 bits per heavy atom. The Labute approximate surface area is 144 Å².